The molecule has 0 radical (unpaired) electrons. The highest BCUT2D eigenvalue weighted by atomic mass is 19.1. The molecule has 24 heavy (non-hydrogen) atoms. The second kappa shape index (κ2) is 8.38. The number of hydrogen-bond donors (Lipinski definition) is 1. The van der Waals surface area contributed by atoms with Crippen LogP contribution in [-0.2, 0) is 11.3 Å². The zero-order chi connectivity index (χ0) is 17.5. The van der Waals surface area contributed by atoms with Gasteiger partial charge in [-0.2, -0.15) is 5.10 Å². The molecule has 0 aliphatic rings. The van der Waals surface area contributed by atoms with Crippen LogP contribution in [0.3, 0.4) is 0 Å². The smallest absolute Gasteiger partial charge is 0.266 e. The van der Waals surface area contributed by atoms with Gasteiger partial charge < -0.3 is 5.32 Å². The van der Waals surface area contributed by atoms with E-state index in [9.17, 15) is 14.0 Å². The molecule has 1 amide bonds. The van der Waals surface area contributed by atoms with Crippen LogP contribution in [0, 0.1) is 5.82 Å². The molecule has 128 valence electrons. The standard InChI is InChI=1S/C18H22FN3O2/c1-3-13(2)20-17(23)5-4-12-22-18(24)11-10-16(21-22)14-6-8-15(19)9-7-14/h6-11,13H,3-5,12H2,1-2H3,(H,20,23)/t13-/m1/s1. The van der Waals surface area contributed by atoms with Gasteiger partial charge in [0.2, 0.25) is 5.91 Å². The number of hydrogen-bond acceptors (Lipinski definition) is 3. The van der Waals surface area contributed by atoms with Crippen LogP contribution in [0.5, 0.6) is 0 Å². The molecule has 0 fully saturated rings. The van der Waals surface area contributed by atoms with Gasteiger partial charge in [-0.1, -0.05) is 6.92 Å². The predicted molar refractivity (Wildman–Crippen MR) is 91.0 cm³/mol. The normalized spacial score (nSPS) is 12.0. The van der Waals surface area contributed by atoms with Crippen molar-refractivity contribution in [2.24, 2.45) is 0 Å². The minimum absolute atomic E-state index is 0.0212. The zero-order valence-electron chi connectivity index (χ0n) is 14.0. The number of rotatable bonds is 7. The Hall–Kier alpha value is -2.50. The third-order valence-corrected chi connectivity index (χ3v) is 3.80. The van der Waals surface area contributed by atoms with Crippen LogP contribution in [0.2, 0.25) is 0 Å². The average Bonchev–Trinajstić information content (AvgIpc) is 2.57. The maximum Gasteiger partial charge on any atom is 0.266 e. The van der Waals surface area contributed by atoms with Crippen molar-refractivity contribution in [3.8, 4) is 11.3 Å². The van der Waals surface area contributed by atoms with Gasteiger partial charge in [0.1, 0.15) is 5.82 Å². The Morgan fingerprint density at radius 3 is 2.62 bits per heavy atom. The summed E-state index contributed by atoms with van der Waals surface area (Å²) in [6, 6.07) is 9.14. The Morgan fingerprint density at radius 2 is 1.96 bits per heavy atom. The van der Waals surface area contributed by atoms with Crippen LogP contribution in [-0.4, -0.2) is 21.7 Å². The third-order valence-electron chi connectivity index (χ3n) is 3.80. The van der Waals surface area contributed by atoms with E-state index in [1.807, 2.05) is 13.8 Å². The second-order valence-electron chi connectivity index (χ2n) is 5.77. The van der Waals surface area contributed by atoms with Crippen molar-refractivity contribution in [1.29, 1.82) is 0 Å². The largest absolute Gasteiger partial charge is 0.354 e. The van der Waals surface area contributed by atoms with Crippen molar-refractivity contribution in [1.82, 2.24) is 15.1 Å². The Kier molecular flexibility index (Phi) is 6.23. The molecule has 0 saturated heterocycles. The van der Waals surface area contributed by atoms with Crippen LogP contribution in [0.15, 0.2) is 41.2 Å². The van der Waals surface area contributed by atoms with Gasteiger partial charge in [0.15, 0.2) is 0 Å². The lowest BCUT2D eigenvalue weighted by Gasteiger charge is -2.11. The number of carbonyl (C=O) groups is 1. The van der Waals surface area contributed by atoms with E-state index in [0.29, 0.717) is 25.1 Å². The van der Waals surface area contributed by atoms with Crippen molar-refractivity contribution >= 4 is 5.91 Å². The Bertz CT molecular complexity index is 741. The Balaban J connectivity index is 2.00. The average molecular weight is 331 g/mol. The molecule has 2 aromatic rings. The van der Waals surface area contributed by atoms with Crippen molar-refractivity contribution in [2.75, 3.05) is 0 Å². The van der Waals surface area contributed by atoms with Crippen LogP contribution in [0.1, 0.15) is 33.1 Å². The summed E-state index contributed by atoms with van der Waals surface area (Å²) in [5.74, 6) is -0.341. The van der Waals surface area contributed by atoms with Gasteiger partial charge >= 0.3 is 0 Å². The topological polar surface area (TPSA) is 64.0 Å². The lowest BCUT2D eigenvalue weighted by Crippen LogP contribution is -2.32. The van der Waals surface area contributed by atoms with Crippen molar-refractivity contribution < 1.29 is 9.18 Å². The number of nitrogens with one attached hydrogen (secondary N) is 1. The molecule has 0 bridgehead atoms. The molecule has 1 aromatic heterocycles. The van der Waals surface area contributed by atoms with Gasteiger partial charge in [-0.3, -0.25) is 9.59 Å². The molecule has 0 spiro atoms. The fraction of sp³-hybridized carbons (Fsp3) is 0.389. The van der Waals surface area contributed by atoms with Crippen LogP contribution < -0.4 is 10.9 Å². The molecular formula is C18H22FN3O2. The Morgan fingerprint density at radius 1 is 1.25 bits per heavy atom. The molecule has 0 saturated carbocycles. The highest BCUT2D eigenvalue weighted by Gasteiger charge is 2.07. The fourth-order valence-corrected chi connectivity index (χ4v) is 2.22. The quantitative estimate of drug-likeness (QED) is 0.848. The summed E-state index contributed by atoms with van der Waals surface area (Å²) in [6.07, 6.45) is 1.76. The van der Waals surface area contributed by atoms with Crippen molar-refractivity contribution in [3.63, 3.8) is 0 Å². The zero-order valence-corrected chi connectivity index (χ0v) is 14.0. The number of carbonyl (C=O) groups excluding carboxylic acids is 1. The highest BCUT2D eigenvalue weighted by molar-refractivity contribution is 5.76. The predicted octanol–water partition coefficient (Wildman–Crippen LogP) is 2.74. The summed E-state index contributed by atoms with van der Waals surface area (Å²) < 4.78 is 14.3. The number of halogens is 1. The molecule has 5 nitrogen and oxygen atoms in total. The highest BCUT2D eigenvalue weighted by Crippen LogP contribution is 2.15. The third kappa shape index (κ3) is 5.01. The summed E-state index contributed by atoms with van der Waals surface area (Å²) >= 11 is 0. The monoisotopic (exact) mass is 331 g/mol. The van der Waals surface area contributed by atoms with Crippen molar-refractivity contribution in [2.45, 2.75) is 45.7 Å². The maximum atomic E-state index is 13.0. The van der Waals surface area contributed by atoms with Gasteiger partial charge in [-0.05, 0) is 50.1 Å². The SMILES string of the molecule is CC[C@@H](C)NC(=O)CCCn1nc(-c2ccc(F)cc2)ccc1=O. The van der Waals surface area contributed by atoms with E-state index in [4.69, 9.17) is 0 Å². The van der Waals surface area contributed by atoms with E-state index >= 15 is 0 Å². The van der Waals surface area contributed by atoms with E-state index in [0.717, 1.165) is 12.0 Å². The molecule has 1 atom stereocenters. The first-order valence-corrected chi connectivity index (χ1v) is 8.13. The molecule has 0 unspecified atom stereocenters. The summed E-state index contributed by atoms with van der Waals surface area (Å²) in [7, 11) is 0. The number of nitrogens with zero attached hydrogens (tertiary/aromatic N) is 2. The molecule has 1 N–H and O–H groups in total. The van der Waals surface area contributed by atoms with Crippen molar-refractivity contribution in [3.05, 3.63) is 52.6 Å². The van der Waals surface area contributed by atoms with E-state index in [-0.39, 0.29) is 23.3 Å². The maximum absolute atomic E-state index is 13.0. The number of amides is 1. The van der Waals surface area contributed by atoms with Gasteiger partial charge in [0.25, 0.3) is 5.56 Å². The minimum Gasteiger partial charge on any atom is -0.354 e. The van der Waals surface area contributed by atoms with Crippen LogP contribution >= 0.6 is 0 Å². The van der Waals surface area contributed by atoms with Crippen LogP contribution in [0.25, 0.3) is 11.3 Å². The molecular weight excluding hydrogens is 309 g/mol. The molecule has 6 heteroatoms. The second-order valence-corrected chi connectivity index (χ2v) is 5.77. The molecule has 2 rings (SSSR count). The van der Waals surface area contributed by atoms with E-state index in [2.05, 4.69) is 10.4 Å². The minimum atomic E-state index is -0.320. The Labute approximate surface area is 140 Å². The summed E-state index contributed by atoms with van der Waals surface area (Å²) in [6.45, 7) is 4.33. The van der Waals surface area contributed by atoms with Gasteiger partial charge in [-0.25, -0.2) is 9.07 Å². The summed E-state index contributed by atoms with van der Waals surface area (Å²) in [5, 5.41) is 7.19. The van der Waals surface area contributed by atoms with E-state index < -0.39 is 0 Å². The number of aromatic nitrogens is 2. The van der Waals surface area contributed by atoms with Gasteiger partial charge in [0, 0.05) is 30.6 Å². The molecule has 1 heterocycles. The van der Waals surface area contributed by atoms with E-state index in [1.165, 1.54) is 22.9 Å². The lowest BCUT2D eigenvalue weighted by atomic mass is 10.1. The van der Waals surface area contributed by atoms with Gasteiger partial charge in [-0.15, -0.1) is 0 Å². The summed E-state index contributed by atoms with van der Waals surface area (Å²) in [4.78, 5) is 23.6. The first-order chi connectivity index (χ1) is 11.5. The lowest BCUT2D eigenvalue weighted by molar-refractivity contribution is -0.121. The van der Waals surface area contributed by atoms with Gasteiger partial charge in [0.05, 0.1) is 5.69 Å². The number of benzene rings is 1. The first-order valence-electron chi connectivity index (χ1n) is 8.13. The fourth-order valence-electron chi connectivity index (χ4n) is 2.22. The number of aryl methyl sites for hydroxylation is 1. The molecule has 1 aromatic carbocycles. The molecule has 0 aliphatic carbocycles. The van der Waals surface area contributed by atoms with Crippen LogP contribution in [0.4, 0.5) is 4.39 Å². The molecule has 0 aliphatic heterocycles. The first kappa shape index (κ1) is 17.8. The summed E-state index contributed by atoms with van der Waals surface area (Å²) in [5.41, 5.74) is 1.11. The van der Waals surface area contributed by atoms with E-state index in [1.54, 1.807) is 18.2 Å².